The number of hydrogen-bond donors (Lipinski definition) is 2. The van der Waals surface area contributed by atoms with Crippen molar-refractivity contribution >= 4 is 11.9 Å². The fraction of sp³-hybridized carbons (Fsp3) is 0.417. The molecule has 1 aromatic rings. The number of pyridine rings is 1. The van der Waals surface area contributed by atoms with E-state index in [-0.39, 0.29) is 5.91 Å². The van der Waals surface area contributed by atoms with Gasteiger partial charge in [-0.05, 0) is 18.6 Å². The zero-order valence-corrected chi connectivity index (χ0v) is 10.5. The van der Waals surface area contributed by atoms with Gasteiger partial charge in [0.2, 0.25) is 0 Å². The SMILES string of the molecule is CCCC(NNC(=O)c1ccncc1)C(=O)OC. The van der Waals surface area contributed by atoms with Crippen molar-refractivity contribution in [2.45, 2.75) is 25.8 Å². The fourth-order valence-corrected chi connectivity index (χ4v) is 1.41. The largest absolute Gasteiger partial charge is 0.468 e. The van der Waals surface area contributed by atoms with E-state index in [1.807, 2.05) is 6.92 Å². The summed E-state index contributed by atoms with van der Waals surface area (Å²) in [5.74, 6) is -0.714. The number of hydrazine groups is 1. The molecule has 0 saturated carbocycles. The van der Waals surface area contributed by atoms with Gasteiger partial charge in [0, 0.05) is 18.0 Å². The minimum Gasteiger partial charge on any atom is -0.468 e. The molecular weight excluding hydrogens is 234 g/mol. The number of carbonyl (C=O) groups excluding carboxylic acids is 2. The van der Waals surface area contributed by atoms with E-state index in [1.54, 1.807) is 12.1 Å². The Labute approximate surface area is 106 Å². The summed E-state index contributed by atoms with van der Waals surface area (Å²) in [7, 11) is 1.32. The van der Waals surface area contributed by atoms with Crippen molar-refractivity contribution in [3.05, 3.63) is 30.1 Å². The predicted octanol–water partition coefficient (Wildman–Crippen LogP) is 0.658. The van der Waals surface area contributed by atoms with E-state index in [1.165, 1.54) is 19.5 Å². The lowest BCUT2D eigenvalue weighted by Crippen LogP contribution is -2.48. The molecule has 0 aromatic carbocycles. The number of esters is 1. The van der Waals surface area contributed by atoms with Gasteiger partial charge in [0.25, 0.3) is 5.91 Å². The Hall–Kier alpha value is -1.95. The highest BCUT2D eigenvalue weighted by Crippen LogP contribution is 1.99. The van der Waals surface area contributed by atoms with Crippen LogP contribution in [-0.2, 0) is 9.53 Å². The van der Waals surface area contributed by atoms with Crippen LogP contribution in [0, 0.1) is 0 Å². The zero-order chi connectivity index (χ0) is 13.4. The minimum atomic E-state index is -0.536. The molecule has 0 aliphatic carbocycles. The highest BCUT2D eigenvalue weighted by atomic mass is 16.5. The number of rotatable bonds is 6. The number of nitrogens with one attached hydrogen (secondary N) is 2. The molecule has 1 amide bonds. The summed E-state index contributed by atoms with van der Waals surface area (Å²) < 4.78 is 4.64. The second-order valence-electron chi connectivity index (χ2n) is 3.70. The fourth-order valence-electron chi connectivity index (χ4n) is 1.41. The Morgan fingerprint density at radius 1 is 1.39 bits per heavy atom. The Morgan fingerprint density at radius 2 is 2.06 bits per heavy atom. The molecule has 18 heavy (non-hydrogen) atoms. The van der Waals surface area contributed by atoms with Gasteiger partial charge in [-0.1, -0.05) is 13.3 Å². The van der Waals surface area contributed by atoms with Gasteiger partial charge in [0.05, 0.1) is 7.11 Å². The Bertz CT molecular complexity index is 395. The van der Waals surface area contributed by atoms with Gasteiger partial charge in [-0.15, -0.1) is 0 Å². The van der Waals surface area contributed by atoms with Gasteiger partial charge in [-0.2, -0.15) is 0 Å². The molecule has 1 rings (SSSR count). The van der Waals surface area contributed by atoms with E-state index in [2.05, 4.69) is 20.6 Å². The van der Waals surface area contributed by atoms with E-state index in [0.29, 0.717) is 12.0 Å². The van der Waals surface area contributed by atoms with Gasteiger partial charge in [0.15, 0.2) is 0 Å². The minimum absolute atomic E-state index is 0.317. The first-order valence-corrected chi connectivity index (χ1v) is 5.72. The first-order chi connectivity index (χ1) is 8.69. The molecule has 1 unspecified atom stereocenters. The topological polar surface area (TPSA) is 80.3 Å². The maximum atomic E-state index is 11.7. The zero-order valence-electron chi connectivity index (χ0n) is 10.5. The maximum Gasteiger partial charge on any atom is 0.324 e. The average Bonchev–Trinajstić information content (AvgIpc) is 2.43. The van der Waals surface area contributed by atoms with E-state index >= 15 is 0 Å². The van der Waals surface area contributed by atoms with Crippen LogP contribution in [0.2, 0.25) is 0 Å². The summed E-state index contributed by atoms with van der Waals surface area (Å²) in [4.78, 5) is 26.9. The van der Waals surface area contributed by atoms with Crippen LogP contribution in [-0.4, -0.2) is 30.0 Å². The van der Waals surface area contributed by atoms with Gasteiger partial charge < -0.3 is 4.74 Å². The number of amides is 1. The number of carbonyl (C=O) groups is 2. The van der Waals surface area contributed by atoms with Crippen molar-refractivity contribution < 1.29 is 14.3 Å². The normalized spacial score (nSPS) is 11.7. The van der Waals surface area contributed by atoms with Crippen LogP contribution in [0.4, 0.5) is 0 Å². The summed E-state index contributed by atoms with van der Waals surface area (Å²) in [6, 6.07) is 2.64. The van der Waals surface area contributed by atoms with Gasteiger partial charge >= 0.3 is 5.97 Å². The smallest absolute Gasteiger partial charge is 0.324 e. The first-order valence-electron chi connectivity index (χ1n) is 5.72. The number of ether oxygens (including phenoxy) is 1. The Morgan fingerprint density at radius 3 is 2.61 bits per heavy atom. The molecule has 98 valence electrons. The molecular formula is C12H17N3O3. The third-order valence-electron chi connectivity index (χ3n) is 2.37. The number of aromatic nitrogens is 1. The van der Waals surface area contributed by atoms with Crippen LogP contribution in [0.5, 0.6) is 0 Å². The molecule has 0 saturated heterocycles. The predicted molar refractivity (Wildman–Crippen MR) is 65.6 cm³/mol. The summed E-state index contributed by atoms with van der Waals surface area (Å²) in [5, 5.41) is 0. The summed E-state index contributed by atoms with van der Waals surface area (Å²) in [5.41, 5.74) is 5.63. The highest BCUT2D eigenvalue weighted by Gasteiger charge is 2.18. The van der Waals surface area contributed by atoms with E-state index < -0.39 is 12.0 Å². The molecule has 0 aliphatic rings. The monoisotopic (exact) mass is 251 g/mol. The van der Waals surface area contributed by atoms with Gasteiger partial charge in [-0.25, -0.2) is 5.43 Å². The molecule has 0 spiro atoms. The summed E-state index contributed by atoms with van der Waals surface area (Å²) in [6.45, 7) is 1.95. The second-order valence-corrected chi connectivity index (χ2v) is 3.70. The molecule has 2 N–H and O–H groups in total. The lowest BCUT2D eigenvalue weighted by molar-refractivity contribution is -0.143. The van der Waals surface area contributed by atoms with E-state index in [0.717, 1.165) is 6.42 Å². The van der Waals surface area contributed by atoms with Gasteiger partial charge in [-0.3, -0.25) is 20.0 Å². The molecule has 6 nitrogen and oxygen atoms in total. The van der Waals surface area contributed by atoms with Crippen LogP contribution in [0.1, 0.15) is 30.1 Å². The summed E-state index contributed by atoms with van der Waals surface area (Å²) >= 11 is 0. The van der Waals surface area contributed by atoms with Crippen molar-refractivity contribution in [1.29, 1.82) is 0 Å². The van der Waals surface area contributed by atoms with Gasteiger partial charge in [0.1, 0.15) is 6.04 Å². The molecule has 1 atom stereocenters. The highest BCUT2D eigenvalue weighted by molar-refractivity contribution is 5.93. The second kappa shape index (κ2) is 7.39. The third kappa shape index (κ3) is 4.14. The molecule has 0 radical (unpaired) electrons. The molecule has 6 heteroatoms. The quantitative estimate of drug-likeness (QED) is 0.573. The molecule has 0 aliphatic heterocycles. The number of methoxy groups -OCH3 is 1. The van der Waals surface area contributed by atoms with E-state index in [9.17, 15) is 9.59 Å². The number of hydrogen-bond acceptors (Lipinski definition) is 5. The van der Waals surface area contributed by atoms with Crippen molar-refractivity contribution in [2.24, 2.45) is 0 Å². The van der Waals surface area contributed by atoms with Crippen LogP contribution in [0.3, 0.4) is 0 Å². The van der Waals surface area contributed by atoms with Crippen molar-refractivity contribution in [3.63, 3.8) is 0 Å². The molecule has 0 bridgehead atoms. The third-order valence-corrected chi connectivity index (χ3v) is 2.37. The maximum absolute atomic E-state index is 11.7. The molecule has 1 aromatic heterocycles. The molecule has 1 heterocycles. The Kier molecular flexibility index (Phi) is 5.79. The first kappa shape index (κ1) is 14.1. The van der Waals surface area contributed by atoms with Crippen LogP contribution < -0.4 is 10.9 Å². The summed E-state index contributed by atoms with van der Waals surface area (Å²) in [6.07, 6.45) is 4.44. The van der Waals surface area contributed by atoms with E-state index in [4.69, 9.17) is 0 Å². The average molecular weight is 251 g/mol. The standard InChI is InChI=1S/C12H17N3O3/c1-3-4-10(12(17)18-2)14-15-11(16)9-5-7-13-8-6-9/h5-8,10,14H,3-4H2,1-2H3,(H,15,16). The number of nitrogens with zero attached hydrogens (tertiary/aromatic N) is 1. The van der Waals surface area contributed by atoms with Crippen molar-refractivity contribution in [1.82, 2.24) is 15.8 Å². The van der Waals surface area contributed by atoms with Crippen LogP contribution in [0.15, 0.2) is 24.5 Å². The van der Waals surface area contributed by atoms with Crippen molar-refractivity contribution in [2.75, 3.05) is 7.11 Å². The lowest BCUT2D eigenvalue weighted by atomic mass is 10.2. The van der Waals surface area contributed by atoms with Crippen LogP contribution >= 0.6 is 0 Å². The van der Waals surface area contributed by atoms with Crippen molar-refractivity contribution in [3.8, 4) is 0 Å². The molecule has 0 fully saturated rings. The van der Waals surface area contributed by atoms with Crippen LogP contribution in [0.25, 0.3) is 0 Å². The Balaban J connectivity index is 2.52. The lowest BCUT2D eigenvalue weighted by Gasteiger charge is -2.16.